The van der Waals surface area contributed by atoms with Gasteiger partial charge in [-0.15, -0.1) is 0 Å². The van der Waals surface area contributed by atoms with Gasteiger partial charge in [-0.3, -0.25) is 9.69 Å². The Morgan fingerprint density at radius 3 is 2.74 bits per heavy atom. The first-order valence-electron chi connectivity index (χ1n) is 6.37. The summed E-state index contributed by atoms with van der Waals surface area (Å²) in [5.41, 5.74) is 6.82. The maximum absolute atomic E-state index is 13.3. The van der Waals surface area contributed by atoms with Gasteiger partial charge in [0.15, 0.2) is 0 Å². The van der Waals surface area contributed by atoms with Crippen LogP contribution in [-0.2, 0) is 4.79 Å². The van der Waals surface area contributed by atoms with Crippen molar-refractivity contribution in [2.24, 2.45) is 5.73 Å². The van der Waals surface area contributed by atoms with Crippen LogP contribution >= 0.6 is 0 Å². The third-order valence-electron chi connectivity index (χ3n) is 3.13. The van der Waals surface area contributed by atoms with Gasteiger partial charge >= 0.3 is 0 Å². The summed E-state index contributed by atoms with van der Waals surface area (Å²) in [5, 5.41) is 2.58. The number of likely N-dealkylation sites (N-methyl/N-ethyl adjacent to an activating group) is 1. The minimum absolute atomic E-state index is 0.0190. The molecule has 0 heterocycles. The van der Waals surface area contributed by atoms with Crippen molar-refractivity contribution in [3.8, 4) is 0 Å². The largest absolute Gasteiger partial charge is 0.359 e. The van der Waals surface area contributed by atoms with Gasteiger partial charge in [0, 0.05) is 32.1 Å². The SMILES string of the molecule is CNC(=O)CCN(C)C(c1cccc(F)c1)C(C)N. The van der Waals surface area contributed by atoms with Gasteiger partial charge < -0.3 is 11.1 Å². The number of carbonyl (C=O) groups excluding carboxylic acids is 1. The minimum atomic E-state index is -0.275. The molecule has 4 nitrogen and oxygen atoms in total. The van der Waals surface area contributed by atoms with Gasteiger partial charge in [-0.05, 0) is 31.7 Å². The Kier molecular flexibility index (Phi) is 5.92. The molecule has 1 aromatic rings. The fourth-order valence-corrected chi connectivity index (χ4v) is 2.19. The van der Waals surface area contributed by atoms with Crippen LogP contribution in [0.1, 0.15) is 24.9 Å². The van der Waals surface area contributed by atoms with Crippen molar-refractivity contribution >= 4 is 5.91 Å². The van der Waals surface area contributed by atoms with Gasteiger partial charge in [-0.25, -0.2) is 4.39 Å². The number of hydrogen-bond acceptors (Lipinski definition) is 3. The Morgan fingerprint density at radius 2 is 2.21 bits per heavy atom. The maximum atomic E-state index is 13.3. The normalized spacial score (nSPS) is 14.2. The van der Waals surface area contributed by atoms with Gasteiger partial charge in [0.2, 0.25) is 5.91 Å². The highest BCUT2D eigenvalue weighted by molar-refractivity contribution is 5.75. The number of nitrogens with zero attached hydrogens (tertiary/aromatic N) is 1. The number of halogens is 1. The van der Waals surface area contributed by atoms with Crippen molar-refractivity contribution in [2.75, 3.05) is 20.6 Å². The number of hydrogen-bond donors (Lipinski definition) is 2. The van der Waals surface area contributed by atoms with E-state index in [0.717, 1.165) is 5.56 Å². The quantitative estimate of drug-likeness (QED) is 0.816. The van der Waals surface area contributed by atoms with Crippen LogP contribution in [0.4, 0.5) is 4.39 Å². The topological polar surface area (TPSA) is 58.4 Å². The lowest BCUT2D eigenvalue weighted by Gasteiger charge is -2.31. The molecule has 106 valence electrons. The van der Waals surface area contributed by atoms with Gasteiger partial charge in [0.1, 0.15) is 5.82 Å². The average Bonchev–Trinajstić information content (AvgIpc) is 2.35. The van der Waals surface area contributed by atoms with Crippen molar-refractivity contribution in [2.45, 2.75) is 25.4 Å². The summed E-state index contributed by atoms with van der Waals surface area (Å²) in [5.74, 6) is -0.294. The second kappa shape index (κ2) is 7.21. The zero-order chi connectivity index (χ0) is 14.4. The number of carbonyl (C=O) groups is 1. The van der Waals surface area contributed by atoms with Crippen molar-refractivity contribution in [3.63, 3.8) is 0 Å². The molecule has 0 aliphatic rings. The highest BCUT2D eigenvalue weighted by Crippen LogP contribution is 2.23. The van der Waals surface area contributed by atoms with Crippen molar-refractivity contribution in [1.29, 1.82) is 0 Å². The number of nitrogens with two attached hydrogens (primary N) is 1. The van der Waals surface area contributed by atoms with Gasteiger partial charge in [-0.2, -0.15) is 0 Å². The Hall–Kier alpha value is -1.46. The van der Waals surface area contributed by atoms with Gasteiger partial charge in [0.05, 0.1) is 0 Å². The van der Waals surface area contributed by atoms with Crippen LogP contribution in [-0.4, -0.2) is 37.5 Å². The van der Waals surface area contributed by atoms with Crippen molar-refractivity contribution in [3.05, 3.63) is 35.6 Å². The Balaban J connectivity index is 2.80. The van der Waals surface area contributed by atoms with Crippen LogP contribution in [0.15, 0.2) is 24.3 Å². The standard InChI is InChI=1S/C14H22FN3O/c1-10(16)14(11-5-4-6-12(15)9-11)18(3)8-7-13(19)17-2/h4-6,9-10,14H,7-8,16H2,1-3H3,(H,17,19). The van der Waals surface area contributed by atoms with E-state index in [-0.39, 0.29) is 23.8 Å². The molecule has 0 radical (unpaired) electrons. The first-order chi connectivity index (χ1) is 8.95. The number of amides is 1. The zero-order valence-electron chi connectivity index (χ0n) is 11.7. The Bertz CT molecular complexity index is 423. The molecule has 1 amide bonds. The monoisotopic (exact) mass is 267 g/mol. The Labute approximate surface area is 113 Å². The molecule has 0 aliphatic heterocycles. The minimum Gasteiger partial charge on any atom is -0.359 e. The predicted molar refractivity (Wildman–Crippen MR) is 74.1 cm³/mol. The summed E-state index contributed by atoms with van der Waals surface area (Å²) in [6.07, 6.45) is 0.394. The Morgan fingerprint density at radius 1 is 1.53 bits per heavy atom. The molecule has 0 saturated heterocycles. The van der Waals surface area contributed by atoms with Crippen LogP contribution in [0.25, 0.3) is 0 Å². The fraction of sp³-hybridized carbons (Fsp3) is 0.500. The van der Waals surface area contributed by atoms with E-state index in [2.05, 4.69) is 5.32 Å². The molecule has 2 unspecified atom stereocenters. The van der Waals surface area contributed by atoms with Crippen LogP contribution in [0, 0.1) is 5.82 Å². The van der Waals surface area contributed by atoms with E-state index in [0.29, 0.717) is 13.0 Å². The molecule has 0 aromatic heterocycles. The van der Waals surface area contributed by atoms with E-state index in [1.165, 1.54) is 12.1 Å². The zero-order valence-corrected chi connectivity index (χ0v) is 11.7. The molecule has 1 rings (SSSR count). The second-order valence-corrected chi connectivity index (χ2v) is 4.76. The van der Waals surface area contributed by atoms with Crippen molar-refractivity contribution < 1.29 is 9.18 Å². The van der Waals surface area contributed by atoms with E-state index in [4.69, 9.17) is 5.73 Å². The van der Waals surface area contributed by atoms with Crippen LogP contribution in [0.2, 0.25) is 0 Å². The summed E-state index contributed by atoms with van der Waals surface area (Å²) in [4.78, 5) is 13.3. The van der Waals surface area contributed by atoms with E-state index in [9.17, 15) is 9.18 Å². The molecule has 0 bridgehead atoms. The summed E-state index contributed by atoms with van der Waals surface area (Å²) in [6, 6.07) is 6.16. The summed E-state index contributed by atoms with van der Waals surface area (Å²) in [7, 11) is 3.50. The first kappa shape index (κ1) is 15.6. The first-order valence-corrected chi connectivity index (χ1v) is 6.37. The lowest BCUT2D eigenvalue weighted by Crippen LogP contribution is -2.39. The molecule has 1 aromatic carbocycles. The molecule has 19 heavy (non-hydrogen) atoms. The summed E-state index contributed by atoms with van der Waals surface area (Å²) in [6.45, 7) is 2.45. The number of nitrogens with one attached hydrogen (secondary N) is 1. The van der Waals surface area contributed by atoms with E-state index in [1.54, 1.807) is 13.1 Å². The molecule has 0 spiro atoms. The highest BCUT2D eigenvalue weighted by Gasteiger charge is 2.21. The van der Waals surface area contributed by atoms with Crippen LogP contribution in [0.5, 0.6) is 0 Å². The number of rotatable bonds is 6. The van der Waals surface area contributed by atoms with Gasteiger partial charge in [-0.1, -0.05) is 12.1 Å². The third kappa shape index (κ3) is 4.61. The molecule has 0 aliphatic carbocycles. The highest BCUT2D eigenvalue weighted by atomic mass is 19.1. The molecule has 2 atom stereocenters. The second-order valence-electron chi connectivity index (χ2n) is 4.76. The third-order valence-corrected chi connectivity index (χ3v) is 3.13. The molecular weight excluding hydrogens is 245 g/mol. The van der Waals surface area contributed by atoms with Crippen LogP contribution in [0.3, 0.4) is 0 Å². The van der Waals surface area contributed by atoms with Crippen molar-refractivity contribution in [1.82, 2.24) is 10.2 Å². The summed E-state index contributed by atoms with van der Waals surface area (Å²) < 4.78 is 13.3. The maximum Gasteiger partial charge on any atom is 0.221 e. The molecule has 3 N–H and O–H groups in total. The van der Waals surface area contributed by atoms with E-state index in [1.807, 2.05) is 24.9 Å². The summed E-state index contributed by atoms with van der Waals surface area (Å²) >= 11 is 0. The van der Waals surface area contributed by atoms with Gasteiger partial charge in [0.25, 0.3) is 0 Å². The molecule has 0 saturated carbocycles. The van der Waals surface area contributed by atoms with Crippen LogP contribution < -0.4 is 11.1 Å². The predicted octanol–water partition coefficient (Wildman–Crippen LogP) is 1.28. The molecular formula is C14H22FN3O. The van der Waals surface area contributed by atoms with E-state index >= 15 is 0 Å². The average molecular weight is 267 g/mol. The lowest BCUT2D eigenvalue weighted by molar-refractivity contribution is -0.121. The lowest BCUT2D eigenvalue weighted by atomic mass is 9.99. The molecule has 0 fully saturated rings. The molecule has 5 heteroatoms. The van der Waals surface area contributed by atoms with E-state index < -0.39 is 0 Å². The smallest absolute Gasteiger partial charge is 0.221 e. The fourth-order valence-electron chi connectivity index (χ4n) is 2.19. The number of benzene rings is 1.